The fourth-order valence-electron chi connectivity index (χ4n) is 3.10. The summed E-state index contributed by atoms with van der Waals surface area (Å²) < 4.78 is 5.48. The summed E-state index contributed by atoms with van der Waals surface area (Å²) in [6.45, 7) is 0.613. The minimum Gasteiger partial charge on any atom is -0.480 e. The van der Waals surface area contributed by atoms with Crippen LogP contribution in [0, 0.1) is 0 Å². The first-order valence-corrected chi connectivity index (χ1v) is 7.49. The number of aliphatic imine (C=N–C) groups is 2. The molecule has 1 aromatic carbocycles. The minimum atomic E-state index is -0.753. The number of ether oxygens (including phenoxy) is 1. The van der Waals surface area contributed by atoms with Crippen molar-refractivity contribution in [2.75, 3.05) is 13.7 Å². The van der Waals surface area contributed by atoms with E-state index in [1.54, 1.807) is 12.0 Å². The largest absolute Gasteiger partial charge is 0.480 e. The number of carbonyl (C=O) groups is 1. The Morgan fingerprint density at radius 1 is 1.26 bits per heavy atom. The molecule has 1 atom stereocenters. The van der Waals surface area contributed by atoms with Gasteiger partial charge in [0.2, 0.25) is 11.8 Å². The smallest absolute Gasteiger partial charge is 0.250 e. The predicted octanol–water partition coefficient (Wildman–Crippen LogP) is 1.20. The van der Waals surface area contributed by atoms with E-state index in [2.05, 4.69) is 9.98 Å². The zero-order chi connectivity index (χ0) is 16.0. The number of nitrogens with two attached hydrogens (primary N) is 1. The van der Waals surface area contributed by atoms with Gasteiger partial charge in [0, 0.05) is 12.1 Å². The van der Waals surface area contributed by atoms with Crippen LogP contribution in [0.15, 0.2) is 63.4 Å². The molecule has 23 heavy (non-hydrogen) atoms. The van der Waals surface area contributed by atoms with Crippen molar-refractivity contribution in [2.45, 2.75) is 12.5 Å². The van der Waals surface area contributed by atoms with E-state index in [1.807, 2.05) is 36.4 Å². The number of carbonyl (C=O) groups excluding carboxylic acids is 1. The minimum absolute atomic E-state index is 0.117. The molecule has 6 nitrogen and oxygen atoms in total. The van der Waals surface area contributed by atoms with Gasteiger partial charge in [-0.25, -0.2) is 4.99 Å². The standard InChI is InChI=1S/C17H16N4O2/c1-23-16-11-8-5-9-21-14(11)13(12(18)17(21)22)19-15(20-16)10-6-3-2-4-7-10/h2-4,6-8,12H,5,9,18H2,1H3. The van der Waals surface area contributed by atoms with Crippen molar-refractivity contribution in [3.8, 4) is 0 Å². The van der Waals surface area contributed by atoms with E-state index in [9.17, 15) is 4.79 Å². The third-order valence-electron chi connectivity index (χ3n) is 4.19. The van der Waals surface area contributed by atoms with Crippen LogP contribution in [-0.4, -0.2) is 42.2 Å². The Balaban J connectivity index is 1.95. The van der Waals surface area contributed by atoms with Crippen molar-refractivity contribution in [2.24, 2.45) is 15.7 Å². The first-order valence-electron chi connectivity index (χ1n) is 7.49. The van der Waals surface area contributed by atoms with Gasteiger partial charge in [0.05, 0.1) is 24.1 Å². The van der Waals surface area contributed by atoms with Crippen LogP contribution in [0.4, 0.5) is 0 Å². The van der Waals surface area contributed by atoms with Gasteiger partial charge in [0.1, 0.15) is 6.04 Å². The van der Waals surface area contributed by atoms with E-state index in [-0.39, 0.29) is 5.91 Å². The van der Waals surface area contributed by atoms with Gasteiger partial charge in [0.15, 0.2) is 5.84 Å². The van der Waals surface area contributed by atoms with Crippen molar-refractivity contribution >= 4 is 17.6 Å². The topological polar surface area (TPSA) is 80.3 Å². The van der Waals surface area contributed by atoms with Crippen LogP contribution < -0.4 is 5.73 Å². The summed E-state index contributed by atoms with van der Waals surface area (Å²) in [5, 5.41) is 0. The van der Waals surface area contributed by atoms with Crippen molar-refractivity contribution in [3.63, 3.8) is 0 Å². The molecule has 0 aliphatic carbocycles. The number of benzene rings is 1. The number of rotatable bonds is 1. The van der Waals surface area contributed by atoms with Crippen LogP contribution in [0.3, 0.4) is 0 Å². The lowest BCUT2D eigenvalue weighted by molar-refractivity contribution is -0.128. The normalized spacial score (nSPS) is 23.0. The second-order valence-electron chi connectivity index (χ2n) is 5.53. The number of hydrogen-bond acceptors (Lipinski definition) is 5. The Kier molecular flexibility index (Phi) is 3.12. The Bertz CT molecular complexity index is 805. The lowest BCUT2D eigenvalue weighted by Crippen LogP contribution is -2.38. The van der Waals surface area contributed by atoms with E-state index in [0.717, 1.165) is 23.3 Å². The average Bonchev–Trinajstić information content (AvgIpc) is 2.76. The Hall–Kier alpha value is -2.73. The van der Waals surface area contributed by atoms with Gasteiger partial charge >= 0.3 is 0 Å². The summed E-state index contributed by atoms with van der Waals surface area (Å²) in [6.07, 6.45) is 2.77. The van der Waals surface area contributed by atoms with Crippen molar-refractivity contribution in [3.05, 3.63) is 58.9 Å². The van der Waals surface area contributed by atoms with Gasteiger partial charge in [-0.3, -0.25) is 4.79 Å². The third kappa shape index (κ3) is 2.03. The first-order chi connectivity index (χ1) is 11.2. The highest BCUT2D eigenvalue weighted by atomic mass is 16.5. The summed E-state index contributed by atoms with van der Waals surface area (Å²) in [5.74, 6) is 0.851. The second-order valence-corrected chi connectivity index (χ2v) is 5.53. The van der Waals surface area contributed by atoms with Crippen molar-refractivity contribution in [1.29, 1.82) is 0 Å². The molecule has 1 amide bonds. The molecular formula is C17H16N4O2. The maximum Gasteiger partial charge on any atom is 0.250 e. The molecular weight excluding hydrogens is 292 g/mol. The molecule has 3 aliphatic rings. The highest BCUT2D eigenvalue weighted by Crippen LogP contribution is 2.36. The molecule has 1 aromatic rings. The molecule has 1 unspecified atom stereocenters. The quantitative estimate of drug-likeness (QED) is 0.846. The molecule has 0 spiro atoms. The van der Waals surface area contributed by atoms with Crippen molar-refractivity contribution in [1.82, 2.24) is 4.90 Å². The lowest BCUT2D eigenvalue weighted by atomic mass is 10.1. The maximum absolute atomic E-state index is 12.4. The summed E-state index contributed by atoms with van der Waals surface area (Å²) >= 11 is 0. The summed E-state index contributed by atoms with van der Waals surface area (Å²) in [4.78, 5) is 23.3. The maximum atomic E-state index is 12.4. The zero-order valence-corrected chi connectivity index (χ0v) is 12.7. The summed E-state index contributed by atoms with van der Waals surface area (Å²) in [5.41, 5.74) is 9.06. The molecule has 0 radical (unpaired) electrons. The van der Waals surface area contributed by atoms with Gasteiger partial charge in [-0.15, -0.1) is 0 Å². The van der Waals surface area contributed by atoms with Gasteiger partial charge < -0.3 is 15.4 Å². The molecule has 116 valence electrons. The van der Waals surface area contributed by atoms with Crippen LogP contribution in [0.25, 0.3) is 0 Å². The molecule has 0 saturated heterocycles. The van der Waals surface area contributed by atoms with Crippen molar-refractivity contribution < 1.29 is 9.53 Å². The summed E-state index contributed by atoms with van der Waals surface area (Å²) in [7, 11) is 1.57. The van der Waals surface area contributed by atoms with Crippen LogP contribution in [-0.2, 0) is 9.53 Å². The van der Waals surface area contributed by atoms with Crippen LogP contribution in [0.5, 0.6) is 0 Å². The van der Waals surface area contributed by atoms with Gasteiger partial charge in [0.25, 0.3) is 0 Å². The SMILES string of the molecule is COC1=NC(c2ccccc2)=NC2=C3C1=CCCN3C(=O)C2N. The molecule has 0 aromatic heterocycles. The van der Waals surface area contributed by atoms with Gasteiger partial charge in [-0.1, -0.05) is 36.4 Å². The predicted molar refractivity (Wildman–Crippen MR) is 86.8 cm³/mol. The number of hydrogen-bond donors (Lipinski definition) is 1. The van der Waals surface area contributed by atoms with E-state index in [0.29, 0.717) is 24.0 Å². The first kappa shape index (κ1) is 13.9. The number of methoxy groups -OCH3 is 1. The molecule has 3 heterocycles. The molecule has 4 rings (SSSR count). The summed E-state index contributed by atoms with van der Waals surface area (Å²) in [6, 6.07) is 8.85. The van der Waals surface area contributed by atoms with Gasteiger partial charge in [-0.2, -0.15) is 4.99 Å². The molecule has 0 saturated carbocycles. The molecule has 0 fully saturated rings. The Labute approximate surface area is 133 Å². The third-order valence-corrected chi connectivity index (χ3v) is 4.19. The van der Waals surface area contributed by atoms with E-state index < -0.39 is 6.04 Å². The fraction of sp³-hybridized carbons (Fsp3) is 0.235. The Morgan fingerprint density at radius 3 is 2.78 bits per heavy atom. The highest BCUT2D eigenvalue weighted by Gasteiger charge is 2.42. The average molecular weight is 308 g/mol. The zero-order valence-electron chi connectivity index (χ0n) is 12.7. The van der Waals surface area contributed by atoms with Crippen LogP contribution >= 0.6 is 0 Å². The molecule has 6 heteroatoms. The number of amidine groups is 1. The van der Waals surface area contributed by atoms with Gasteiger partial charge in [-0.05, 0) is 6.42 Å². The lowest BCUT2D eigenvalue weighted by Gasteiger charge is -2.25. The Morgan fingerprint density at radius 2 is 2.04 bits per heavy atom. The highest BCUT2D eigenvalue weighted by molar-refractivity contribution is 6.14. The second kappa shape index (κ2) is 5.17. The molecule has 2 N–H and O–H groups in total. The molecule has 0 bridgehead atoms. The van der Waals surface area contributed by atoms with Crippen LogP contribution in [0.2, 0.25) is 0 Å². The van der Waals surface area contributed by atoms with E-state index in [1.165, 1.54) is 0 Å². The number of nitrogens with zero attached hydrogens (tertiary/aromatic N) is 3. The van der Waals surface area contributed by atoms with Crippen LogP contribution in [0.1, 0.15) is 12.0 Å². The molecule has 3 aliphatic heterocycles. The number of amides is 1. The van der Waals surface area contributed by atoms with E-state index in [4.69, 9.17) is 10.5 Å². The monoisotopic (exact) mass is 308 g/mol. The van der Waals surface area contributed by atoms with E-state index >= 15 is 0 Å². The fourth-order valence-corrected chi connectivity index (χ4v) is 3.10.